The molecule has 0 unspecified atom stereocenters. The van der Waals surface area contributed by atoms with E-state index in [0.29, 0.717) is 29.4 Å². The predicted molar refractivity (Wildman–Crippen MR) is 93.9 cm³/mol. The molecule has 2 rings (SSSR count). The van der Waals surface area contributed by atoms with Crippen molar-refractivity contribution in [2.75, 3.05) is 24.3 Å². The number of carbonyl (C=O) groups excluding carboxylic acids is 1. The van der Waals surface area contributed by atoms with Gasteiger partial charge in [-0.25, -0.2) is 0 Å². The molecule has 0 aliphatic heterocycles. The van der Waals surface area contributed by atoms with Gasteiger partial charge in [0, 0.05) is 28.8 Å². The summed E-state index contributed by atoms with van der Waals surface area (Å²) in [4.78, 5) is 11.9. The van der Waals surface area contributed by atoms with Gasteiger partial charge >= 0.3 is 0 Å². The summed E-state index contributed by atoms with van der Waals surface area (Å²) in [7, 11) is 1.55. The third-order valence-corrected chi connectivity index (χ3v) is 3.73. The number of amides is 1. The zero-order chi connectivity index (χ0) is 15.9. The summed E-state index contributed by atoms with van der Waals surface area (Å²) in [5.74, 6) is 0.500. The van der Waals surface area contributed by atoms with E-state index in [1.54, 1.807) is 25.3 Å². The van der Waals surface area contributed by atoms with Crippen LogP contribution in [-0.4, -0.2) is 19.6 Å². The number of ether oxygens (including phenoxy) is 1. The third-order valence-electron chi connectivity index (χ3n) is 2.94. The zero-order valence-electron chi connectivity index (χ0n) is 12.0. The Labute approximate surface area is 142 Å². The van der Waals surface area contributed by atoms with Crippen molar-refractivity contribution in [3.05, 3.63) is 52.0 Å². The number of hydrogen-bond acceptors (Lipinski definition) is 3. The second-order valence-corrected chi connectivity index (χ2v) is 5.91. The van der Waals surface area contributed by atoms with Gasteiger partial charge in [0.05, 0.1) is 12.1 Å². The van der Waals surface area contributed by atoms with Crippen LogP contribution in [0.5, 0.6) is 5.75 Å². The van der Waals surface area contributed by atoms with Crippen molar-refractivity contribution in [2.45, 2.75) is 6.42 Å². The van der Waals surface area contributed by atoms with Crippen LogP contribution in [0, 0.1) is 0 Å². The van der Waals surface area contributed by atoms with Crippen molar-refractivity contribution in [3.8, 4) is 5.75 Å². The molecule has 2 aromatic carbocycles. The third kappa shape index (κ3) is 4.93. The van der Waals surface area contributed by atoms with Crippen molar-refractivity contribution in [2.24, 2.45) is 0 Å². The Morgan fingerprint density at radius 2 is 2.05 bits per heavy atom. The standard InChI is InChI=1S/C16H16BrClN2O2/c1-22-15-6-5-13(10-14(15)18)20-16(21)7-8-19-12-4-2-3-11(17)9-12/h2-6,9-10,19H,7-8H2,1H3,(H,20,21). The van der Waals surface area contributed by atoms with Crippen LogP contribution in [0.25, 0.3) is 0 Å². The summed E-state index contributed by atoms with van der Waals surface area (Å²) in [6.07, 6.45) is 0.357. The van der Waals surface area contributed by atoms with Crippen LogP contribution >= 0.6 is 27.5 Å². The van der Waals surface area contributed by atoms with Crippen molar-refractivity contribution in [1.29, 1.82) is 0 Å². The van der Waals surface area contributed by atoms with Crippen molar-refractivity contribution >= 4 is 44.8 Å². The number of carbonyl (C=O) groups is 1. The summed E-state index contributed by atoms with van der Waals surface area (Å²) >= 11 is 9.42. The van der Waals surface area contributed by atoms with Gasteiger partial charge in [0.15, 0.2) is 0 Å². The highest BCUT2D eigenvalue weighted by atomic mass is 79.9. The molecule has 0 heterocycles. The molecular weight excluding hydrogens is 368 g/mol. The Morgan fingerprint density at radius 1 is 1.23 bits per heavy atom. The fraction of sp³-hybridized carbons (Fsp3) is 0.188. The topological polar surface area (TPSA) is 50.4 Å². The molecule has 2 N–H and O–H groups in total. The summed E-state index contributed by atoms with van der Waals surface area (Å²) < 4.78 is 6.07. The lowest BCUT2D eigenvalue weighted by Gasteiger charge is -2.09. The highest BCUT2D eigenvalue weighted by Gasteiger charge is 2.05. The SMILES string of the molecule is COc1ccc(NC(=O)CCNc2cccc(Br)c2)cc1Cl. The molecule has 0 saturated heterocycles. The minimum atomic E-state index is -0.0799. The molecule has 0 atom stereocenters. The fourth-order valence-corrected chi connectivity index (χ4v) is 2.54. The molecule has 0 aliphatic rings. The highest BCUT2D eigenvalue weighted by molar-refractivity contribution is 9.10. The van der Waals surface area contributed by atoms with Crippen LogP contribution in [0.3, 0.4) is 0 Å². The number of rotatable bonds is 6. The first kappa shape index (κ1) is 16.6. The number of anilines is 2. The molecule has 2 aromatic rings. The normalized spacial score (nSPS) is 10.1. The van der Waals surface area contributed by atoms with Crippen LogP contribution < -0.4 is 15.4 Å². The lowest BCUT2D eigenvalue weighted by Crippen LogP contribution is -2.16. The minimum Gasteiger partial charge on any atom is -0.495 e. The van der Waals surface area contributed by atoms with E-state index in [-0.39, 0.29) is 5.91 Å². The molecule has 0 aromatic heterocycles. The van der Waals surface area contributed by atoms with E-state index in [0.717, 1.165) is 10.2 Å². The average molecular weight is 384 g/mol. The predicted octanol–water partition coefficient (Wildman–Crippen LogP) is 4.55. The largest absolute Gasteiger partial charge is 0.495 e. The second kappa shape index (κ2) is 8.06. The molecule has 0 radical (unpaired) electrons. The molecule has 116 valence electrons. The molecule has 6 heteroatoms. The monoisotopic (exact) mass is 382 g/mol. The van der Waals surface area contributed by atoms with Gasteiger partial charge in [0.1, 0.15) is 5.75 Å². The molecule has 0 spiro atoms. The average Bonchev–Trinajstić information content (AvgIpc) is 2.47. The van der Waals surface area contributed by atoms with Gasteiger partial charge in [-0.3, -0.25) is 4.79 Å². The van der Waals surface area contributed by atoms with E-state index in [9.17, 15) is 4.79 Å². The first-order valence-electron chi connectivity index (χ1n) is 6.71. The first-order valence-corrected chi connectivity index (χ1v) is 7.88. The Hall–Kier alpha value is -1.72. The molecule has 1 amide bonds. The number of hydrogen-bond donors (Lipinski definition) is 2. The van der Waals surface area contributed by atoms with Crippen molar-refractivity contribution in [1.82, 2.24) is 0 Å². The number of nitrogens with one attached hydrogen (secondary N) is 2. The quantitative estimate of drug-likeness (QED) is 0.769. The minimum absolute atomic E-state index is 0.0799. The van der Waals surface area contributed by atoms with Gasteiger partial charge in [-0.2, -0.15) is 0 Å². The van der Waals surface area contributed by atoms with Crippen LogP contribution in [0.4, 0.5) is 11.4 Å². The Morgan fingerprint density at radius 3 is 2.73 bits per heavy atom. The van der Waals surface area contributed by atoms with Gasteiger partial charge in [-0.1, -0.05) is 33.6 Å². The van der Waals surface area contributed by atoms with Gasteiger partial charge < -0.3 is 15.4 Å². The van der Waals surface area contributed by atoms with E-state index >= 15 is 0 Å². The van der Waals surface area contributed by atoms with Gasteiger partial charge in [-0.05, 0) is 36.4 Å². The van der Waals surface area contributed by atoms with E-state index in [2.05, 4.69) is 26.6 Å². The number of benzene rings is 2. The number of halogens is 2. The molecular formula is C16H16BrClN2O2. The zero-order valence-corrected chi connectivity index (χ0v) is 14.4. The molecule has 4 nitrogen and oxygen atoms in total. The number of methoxy groups -OCH3 is 1. The summed E-state index contributed by atoms with van der Waals surface area (Å²) in [5, 5.41) is 6.46. The van der Waals surface area contributed by atoms with E-state index in [4.69, 9.17) is 16.3 Å². The highest BCUT2D eigenvalue weighted by Crippen LogP contribution is 2.27. The molecule has 0 fully saturated rings. The fourth-order valence-electron chi connectivity index (χ4n) is 1.89. The summed E-state index contributed by atoms with van der Waals surface area (Å²) in [5.41, 5.74) is 1.62. The Bertz CT molecular complexity index is 664. The Kier molecular flexibility index (Phi) is 6.10. The maximum Gasteiger partial charge on any atom is 0.226 e. The van der Waals surface area contributed by atoms with Crippen molar-refractivity contribution in [3.63, 3.8) is 0 Å². The Balaban J connectivity index is 1.82. The van der Waals surface area contributed by atoms with Crippen LogP contribution in [0.2, 0.25) is 5.02 Å². The maximum atomic E-state index is 11.9. The molecule has 22 heavy (non-hydrogen) atoms. The van der Waals surface area contributed by atoms with E-state index in [1.807, 2.05) is 24.3 Å². The van der Waals surface area contributed by atoms with Crippen molar-refractivity contribution < 1.29 is 9.53 Å². The van der Waals surface area contributed by atoms with Crippen LogP contribution in [0.1, 0.15) is 6.42 Å². The molecule has 0 saturated carbocycles. The van der Waals surface area contributed by atoms with Gasteiger partial charge in [0.2, 0.25) is 5.91 Å². The smallest absolute Gasteiger partial charge is 0.226 e. The van der Waals surface area contributed by atoms with E-state index in [1.165, 1.54) is 0 Å². The summed E-state index contributed by atoms with van der Waals surface area (Å²) in [6, 6.07) is 12.9. The van der Waals surface area contributed by atoms with Gasteiger partial charge in [-0.15, -0.1) is 0 Å². The maximum absolute atomic E-state index is 11.9. The molecule has 0 aliphatic carbocycles. The van der Waals surface area contributed by atoms with Gasteiger partial charge in [0.25, 0.3) is 0 Å². The lowest BCUT2D eigenvalue weighted by molar-refractivity contribution is -0.115. The van der Waals surface area contributed by atoms with Crippen LogP contribution in [0.15, 0.2) is 46.9 Å². The lowest BCUT2D eigenvalue weighted by atomic mass is 10.2. The van der Waals surface area contributed by atoms with Crippen LogP contribution in [-0.2, 0) is 4.79 Å². The van der Waals surface area contributed by atoms with E-state index < -0.39 is 0 Å². The second-order valence-electron chi connectivity index (χ2n) is 4.58. The molecule has 0 bridgehead atoms. The summed E-state index contributed by atoms with van der Waals surface area (Å²) in [6.45, 7) is 0.548. The first-order chi connectivity index (χ1) is 10.6.